The zero-order valence-corrected chi connectivity index (χ0v) is 12.3. The predicted molar refractivity (Wildman–Crippen MR) is 72.7 cm³/mol. The Morgan fingerprint density at radius 3 is 2.93 bits per heavy atom. The molecule has 1 heterocycles. The van der Waals surface area contributed by atoms with Crippen LogP contribution >= 0.6 is 31.9 Å². The fourth-order valence-corrected chi connectivity index (χ4v) is 2.64. The van der Waals surface area contributed by atoms with Crippen molar-refractivity contribution in [2.45, 2.75) is 36.8 Å². The van der Waals surface area contributed by atoms with E-state index in [0.717, 1.165) is 18.2 Å². The molecule has 0 amide bonds. The maximum atomic E-state index is 6.07. The Balaban J connectivity index is 2.53. The highest BCUT2D eigenvalue weighted by atomic mass is 79.9. The summed E-state index contributed by atoms with van der Waals surface area (Å²) in [7, 11) is 0. The van der Waals surface area contributed by atoms with Gasteiger partial charge >= 0.3 is 0 Å². The normalized spacial score (nSPS) is 37.0. The monoisotopic (exact) mass is 336 g/mol. The van der Waals surface area contributed by atoms with E-state index in [1.54, 1.807) is 6.08 Å². The fraction of sp³-hybridized carbons (Fsp3) is 0.667. The molecule has 1 saturated heterocycles. The van der Waals surface area contributed by atoms with Crippen molar-refractivity contribution < 1.29 is 4.74 Å². The summed E-state index contributed by atoms with van der Waals surface area (Å²) in [5.41, 5.74) is 0. The second kappa shape index (κ2) is 6.21. The van der Waals surface area contributed by atoms with Crippen LogP contribution in [0.15, 0.2) is 24.8 Å². The fourth-order valence-electron chi connectivity index (χ4n) is 1.76. The Hall–Kier alpha value is 0.400. The summed E-state index contributed by atoms with van der Waals surface area (Å²) in [5, 5.41) is 0.842. The van der Waals surface area contributed by atoms with Crippen LogP contribution in [0.4, 0.5) is 0 Å². The zero-order valence-electron chi connectivity index (χ0n) is 9.09. The molecule has 0 aromatic rings. The van der Waals surface area contributed by atoms with Gasteiger partial charge in [-0.1, -0.05) is 63.6 Å². The van der Waals surface area contributed by atoms with Crippen LogP contribution in [0.2, 0.25) is 0 Å². The largest absolute Gasteiger partial charge is 0.359 e. The number of rotatable bonds is 4. The van der Waals surface area contributed by atoms with Gasteiger partial charge < -0.3 is 4.74 Å². The molecule has 1 nitrogen and oxygen atoms in total. The smallest absolute Gasteiger partial charge is 0.132 e. The predicted octanol–water partition coefficient (Wildman–Crippen LogP) is 4.42. The number of hydrogen-bond acceptors (Lipinski definition) is 1. The van der Waals surface area contributed by atoms with Gasteiger partial charge in [0.15, 0.2) is 0 Å². The maximum Gasteiger partial charge on any atom is 0.132 e. The summed E-state index contributed by atoms with van der Waals surface area (Å²) in [6, 6.07) is 0. The van der Waals surface area contributed by atoms with Crippen molar-refractivity contribution in [3.63, 3.8) is 0 Å². The lowest BCUT2D eigenvalue weighted by Gasteiger charge is -2.39. The number of hydrogen-bond donors (Lipinski definition) is 0. The van der Waals surface area contributed by atoms with Crippen LogP contribution < -0.4 is 0 Å². The summed E-state index contributed by atoms with van der Waals surface area (Å²) < 4.78 is 5.91. The summed E-state index contributed by atoms with van der Waals surface area (Å²) in [6.45, 7) is 5.92. The van der Waals surface area contributed by atoms with Crippen molar-refractivity contribution in [3.8, 4) is 0 Å². The minimum absolute atomic E-state index is 0.161. The van der Waals surface area contributed by atoms with E-state index < -0.39 is 0 Å². The maximum absolute atomic E-state index is 6.07. The van der Waals surface area contributed by atoms with Gasteiger partial charge in [0.2, 0.25) is 0 Å². The molecule has 0 spiro atoms. The molecule has 1 aliphatic heterocycles. The first-order valence-electron chi connectivity index (χ1n) is 5.31. The number of allylic oxidation sites excluding steroid dienone is 2. The van der Waals surface area contributed by atoms with Crippen LogP contribution in [0.3, 0.4) is 0 Å². The van der Waals surface area contributed by atoms with Gasteiger partial charge in [-0.05, 0) is 25.2 Å². The molecule has 3 atom stereocenters. The second-order valence-electron chi connectivity index (χ2n) is 4.09. The molecule has 0 aromatic carbocycles. The molecular weight excluding hydrogens is 320 g/mol. The summed E-state index contributed by atoms with van der Waals surface area (Å²) >= 11 is 7.15. The van der Waals surface area contributed by atoms with Crippen LogP contribution in [-0.4, -0.2) is 15.9 Å². The topological polar surface area (TPSA) is 9.23 Å². The van der Waals surface area contributed by atoms with Gasteiger partial charge in [-0.15, -0.1) is 0 Å². The van der Waals surface area contributed by atoms with Crippen LogP contribution in [0, 0.1) is 5.92 Å². The van der Waals surface area contributed by atoms with Crippen LogP contribution in [0.5, 0.6) is 0 Å². The Kier molecular flexibility index (Phi) is 5.58. The van der Waals surface area contributed by atoms with Crippen molar-refractivity contribution >= 4 is 31.9 Å². The molecule has 15 heavy (non-hydrogen) atoms. The van der Waals surface area contributed by atoms with E-state index >= 15 is 0 Å². The molecule has 86 valence electrons. The van der Waals surface area contributed by atoms with E-state index in [1.807, 2.05) is 6.08 Å². The lowest BCUT2D eigenvalue weighted by molar-refractivity contribution is -0.0806. The zero-order chi connectivity index (χ0) is 11.3. The SMILES string of the molecule is C=C/C=C/CC1OC(Br)(CBr)CCC1C. The third kappa shape index (κ3) is 4.04. The summed E-state index contributed by atoms with van der Waals surface area (Å²) in [6.07, 6.45) is 9.47. The molecule has 0 bridgehead atoms. The van der Waals surface area contributed by atoms with Gasteiger partial charge in [0.1, 0.15) is 4.51 Å². The molecule has 3 heteroatoms. The number of ether oxygens (including phenoxy) is 1. The molecular formula is C12H18Br2O. The summed E-state index contributed by atoms with van der Waals surface area (Å²) in [4.78, 5) is 0. The Labute approximate surface area is 109 Å². The van der Waals surface area contributed by atoms with Gasteiger partial charge in [-0.25, -0.2) is 0 Å². The van der Waals surface area contributed by atoms with Gasteiger partial charge in [-0.2, -0.15) is 0 Å². The second-order valence-corrected chi connectivity index (χ2v) is 6.09. The first kappa shape index (κ1) is 13.5. The van der Waals surface area contributed by atoms with Gasteiger partial charge in [0.25, 0.3) is 0 Å². The quantitative estimate of drug-likeness (QED) is 0.545. The van der Waals surface area contributed by atoms with Gasteiger partial charge in [0, 0.05) is 5.33 Å². The minimum Gasteiger partial charge on any atom is -0.359 e. The summed E-state index contributed by atoms with van der Waals surface area (Å²) in [5.74, 6) is 0.629. The van der Waals surface area contributed by atoms with Crippen molar-refractivity contribution in [2.24, 2.45) is 5.92 Å². The van der Waals surface area contributed by atoms with Crippen molar-refractivity contribution in [1.82, 2.24) is 0 Å². The van der Waals surface area contributed by atoms with Crippen LogP contribution in [0.25, 0.3) is 0 Å². The third-order valence-electron chi connectivity index (χ3n) is 2.81. The van der Waals surface area contributed by atoms with E-state index in [4.69, 9.17) is 4.74 Å². The van der Waals surface area contributed by atoms with E-state index in [9.17, 15) is 0 Å². The molecule has 0 N–H and O–H groups in total. The minimum atomic E-state index is -0.161. The van der Waals surface area contributed by atoms with E-state index in [-0.39, 0.29) is 4.51 Å². The Bertz CT molecular complexity index is 240. The standard InChI is InChI=1S/C12H18Br2O/c1-3-4-5-6-11-10(2)7-8-12(14,9-13)15-11/h3-5,10-11H,1,6-9H2,2H3/b5-4+. The molecule has 0 radical (unpaired) electrons. The Morgan fingerprint density at radius 1 is 1.60 bits per heavy atom. The highest BCUT2D eigenvalue weighted by Gasteiger charge is 2.36. The lowest BCUT2D eigenvalue weighted by atomic mass is 9.91. The number of halogens is 2. The highest BCUT2D eigenvalue weighted by molar-refractivity contribution is 9.12. The average Bonchev–Trinajstić information content (AvgIpc) is 2.24. The van der Waals surface area contributed by atoms with Crippen molar-refractivity contribution in [3.05, 3.63) is 24.8 Å². The number of alkyl halides is 2. The van der Waals surface area contributed by atoms with E-state index in [2.05, 4.69) is 51.4 Å². The Morgan fingerprint density at radius 2 is 2.33 bits per heavy atom. The molecule has 1 fully saturated rings. The van der Waals surface area contributed by atoms with Crippen LogP contribution in [0.1, 0.15) is 26.2 Å². The lowest BCUT2D eigenvalue weighted by Crippen LogP contribution is -2.40. The van der Waals surface area contributed by atoms with E-state index in [1.165, 1.54) is 6.42 Å². The molecule has 1 rings (SSSR count). The van der Waals surface area contributed by atoms with Crippen molar-refractivity contribution in [1.29, 1.82) is 0 Å². The van der Waals surface area contributed by atoms with E-state index in [0.29, 0.717) is 12.0 Å². The molecule has 3 unspecified atom stereocenters. The van der Waals surface area contributed by atoms with Gasteiger partial charge in [-0.3, -0.25) is 0 Å². The molecule has 0 aromatic heterocycles. The average molecular weight is 338 g/mol. The highest BCUT2D eigenvalue weighted by Crippen LogP contribution is 2.39. The van der Waals surface area contributed by atoms with Crippen molar-refractivity contribution in [2.75, 3.05) is 5.33 Å². The van der Waals surface area contributed by atoms with Crippen LogP contribution in [-0.2, 0) is 4.74 Å². The van der Waals surface area contributed by atoms with Gasteiger partial charge in [0.05, 0.1) is 6.10 Å². The molecule has 0 aliphatic carbocycles. The molecule has 0 saturated carbocycles. The molecule has 1 aliphatic rings. The first-order valence-corrected chi connectivity index (χ1v) is 7.23. The first-order chi connectivity index (χ1) is 7.11. The third-order valence-corrected chi connectivity index (χ3v) is 5.33.